The van der Waals surface area contributed by atoms with Crippen LogP contribution in [0.4, 0.5) is 0 Å². The molecule has 0 radical (unpaired) electrons. The summed E-state index contributed by atoms with van der Waals surface area (Å²) in [6.45, 7) is 7.86. The Morgan fingerprint density at radius 3 is 2.62 bits per heavy atom. The summed E-state index contributed by atoms with van der Waals surface area (Å²) in [7, 11) is 1.59. The SMILES string of the molecule is CCN(CC(=O)NC(C)C)C(=O)c1oc2ccc(OC)cc2c1C. The van der Waals surface area contributed by atoms with E-state index in [2.05, 4.69) is 5.32 Å². The Bertz CT molecular complexity index is 749. The van der Waals surface area contributed by atoms with E-state index in [1.165, 1.54) is 4.90 Å². The third-order valence-corrected chi connectivity index (χ3v) is 3.79. The first-order chi connectivity index (χ1) is 11.4. The average Bonchev–Trinajstić information content (AvgIpc) is 2.87. The highest BCUT2D eigenvalue weighted by molar-refractivity contribution is 6.00. The monoisotopic (exact) mass is 332 g/mol. The van der Waals surface area contributed by atoms with Crippen LogP contribution >= 0.6 is 0 Å². The predicted octanol–water partition coefficient (Wildman–Crippen LogP) is 2.74. The van der Waals surface area contributed by atoms with Crippen LogP contribution in [0.2, 0.25) is 0 Å². The average molecular weight is 332 g/mol. The van der Waals surface area contributed by atoms with Gasteiger partial charge in [-0.05, 0) is 45.9 Å². The van der Waals surface area contributed by atoms with Crippen molar-refractivity contribution in [3.05, 3.63) is 29.5 Å². The first kappa shape index (κ1) is 17.8. The summed E-state index contributed by atoms with van der Waals surface area (Å²) >= 11 is 0. The van der Waals surface area contributed by atoms with E-state index < -0.39 is 0 Å². The van der Waals surface area contributed by atoms with Gasteiger partial charge in [0.05, 0.1) is 13.7 Å². The Morgan fingerprint density at radius 1 is 1.33 bits per heavy atom. The van der Waals surface area contributed by atoms with Crippen molar-refractivity contribution >= 4 is 22.8 Å². The molecule has 1 N–H and O–H groups in total. The molecule has 0 aliphatic heterocycles. The molecular formula is C18H24N2O4. The molecule has 1 heterocycles. The van der Waals surface area contributed by atoms with E-state index in [4.69, 9.17) is 9.15 Å². The van der Waals surface area contributed by atoms with Gasteiger partial charge in [-0.15, -0.1) is 0 Å². The number of likely N-dealkylation sites (N-methyl/N-ethyl adjacent to an activating group) is 1. The summed E-state index contributed by atoms with van der Waals surface area (Å²) in [4.78, 5) is 26.2. The van der Waals surface area contributed by atoms with Crippen LogP contribution in [0.1, 0.15) is 36.9 Å². The summed E-state index contributed by atoms with van der Waals surface area (Å²) in [5.41, 5.74) is 1.37. The highest BCUT2D eigenvalue weighted by atomic mass is 16.5. The van der Waals surface area contributed by atoms with Gasteiger partial charge in [-0.3, -0.25) is 9.59 Å². The fourth-order valence-electron chi connectivity index (χ4n) is 2.54. The van der Waals surface area contributed by atoms with Crippen molar-refractivity contribution in [1.82, 2.24) is 10.2 Å². The van der Waals surface area contributed by atoms with Gasteiger partial charge in [0, 0.05) is 23.5 Å². The van der Waals surface area contributed by atoms with Crippen LogP contribution in [-0.4, -0.2) is 43.0 Å². The first-order valence-electron chi connectivity index (χ1n) is 8.03. The maximum Gasteiger partial charge on any atom is 0.290 e. The van der Waals surface area contributed by atoms with Gasteiger partial charge >= 0.3 is 0 Å². The van der Waals surface area contributed by atoms with Crippen LogP contribution in [0.5, 0.6) is 5.75 Å². The molecule has 2 aromatic rings. The van der Waals surface area contributed by atoms with Gasteiger partial charge in [0.2, 0.25) is 5.91 Å². The second kappa shape index (κ2) is 7.38. The quantitative estimate of drug-likeness (QED) is 0.883. The lowest BCUT2D eigenvalue weighted by atomic mass is 10.1. The minimum atomic E-state index is -0.288. The zero-order valence-corrected chi connectivity index (χ0v) is 14.8. The van der Waals surface area contributed by atoms with Crippen molar-refractivity contribution in [2.45, 2.75) is 33.7 Å². The summed E-state index contributed by atoms with van der Waals surface area (Å²) in [5.74, 6) is 0.492. The highest BCUT2D eigenvalue weighted by Crippen LogP contribution is 2.29. The van der Waals surface area contributed by atoms with Crippen LogP contribution in [-0.2, 0) is 4.79 Å². The van der Waals surface area contributed by atoms with Crippen LogP contribution in [0.25, 0.3) is 11.0 Å². The molecule has 0 bridgehead atoms. The Morgan fingerprint density at radius 2 is 2.04 bits per heavy atom. The van der Waals surface area contributed by atoms with Gasteiger partial charge in [0.1, 0.15) is 11.3 Å². The molecule has 2 amide bonds. The third-order valence-electron chi connectivity index (χ3n) is 3.79. The number of ether oxygens (including phenoxy) is 1. The summed E-state index contributed by atoms with van der Waals surface area (Å²) in [6, 6.07) is 5.44. The predicted molar refractivity (Wildman–Crippen MR) is 92.4 cm³/mol. The van der Waals surface area contributed by atoms with Gasteiger partial charge in [-0.2, -0.15) is 0 Å². The van der Waals surface area contributed by atoms with Gasteiger partial charge in [-0.25, -0.2) is 0 Å². The molecule has 24 heavy (non-hydrogen) atoms. The number of aryl methyl sites for hydroxylation is 1. The Labute approximate surface area is 141 Å². The number of hydrogen-bond donors (Lipinski definition) is 1. The molecule has 0 spiro atoms. The number of hydrogen-bond acceptors (Lipinski definition) is 4. The maximum absolute atomic E-state index is 12.8. The van der Waals surface area contributed by atoms with E-state index in [0.29, 0.717) is 17.9 Å². The Kier molecular flexibility index (Phi) is 5.49. The molecule has 130 valence electrons. The van der Waals surface area contributed by atoms with E-state index >= 15 is 0 Å². The molecule has 0 atom stereocenters. The van der Waals surface area contributed by atoms with Gasteiger partial charge in [0.15, 0.2) is 5.76 Å². The Hall–Kier alpha value is -2.50. The largest absolute Gasteiger partial charge is 0.497 e. The molecule has 1 aromatic heterocycles. The molecule has 0 aliphatic carbocycles. The van der Waals surface area contributed by atoms with Crippen molar-refractivity contribution in [3.8, 4) is 5.75 Å². The topological polar surface area (TPSA) is 71.8 Å². The van der Waals surface area contributed by atoms with E-state index in [9.17, 15) is 9.59 Å². The van der Waals surface area contributed by atoms with Crippen molar-refractivity contribution in [2.24, 2.45) is 0 Å². The summed E-state index contributed by atoms with van der Waals surface area (Å²) < 4.78 is 10.9. The Balaban J connectivity index is 2.28. The normalized spacial score (nSPS) is 10.9. The number of carbonyl (C=O) groups is 2. The van der Waals surface area contributed by atoms with Crippen molar-refractivity contribution in [3.63, 3.8) is 0 Å². The van der Waals surface area contributed by atoms with E-state index in [0.717, 1.165) is 10.9 Å². The molecule has 6 heteroatoms. The van der Waals surface area contributed by atoms with Crippen LogP contribution in [0.3, 0.4) is 0 Å². The van der Waals surface area contributed by atoms with Crippen molar-refractivity contribution < 1.29 is 18.7 Å². The molecule has 0 fully saturated rings. The lowest BCUT2D eigenvalue weighted by molar-refractivity contribution is -0.122. The molecular weight excluding hydrogens is 308 g/mol. The van der Waals surface area contributed by atoms with Gasteiger partial charge in [-0.1, -0.05) is 0 Å². The number of rotatable bonds is 6. The zero-order chi connectivity index (χ0) is 17.9. The number of nitrogens with zero attached hydrogens (tertiary/aromatic N) is 1. The van der Waals surface area contributed by atoms with E-state index in [1.807, 2.05) is 33.8 Å². The molecule has 0 saturated carbocycles. The van der Waals surface area contributed by atoms with Crippen molar-refractivity contribution in [2.75, 3.05) is 20.2 Å². The number of furan rings is 1. The van der Waals surface area contributed by atoms with Gasteiger partial charge < -0.3 is 19.4 Å². The summed E-state index contributed by atoms with van der Waals surface area (Å²) in [5, 5.41) is 3.62. The second-order valence-electron chi connectivity index (χ2n) is 5.96. The van der Waals surface area contributed by atoms with Crippen LogP contribution in [0.15, 0.2) is 22.6 Å². The number of nitrogens with one attached hydrogen (secondary N) is 1. The number of carbonyl (C=O) groups excluding carboxylic acids is 2. The lowest BCUT2D eigenvalue weighted by Crippen LogP contribution is -2.42. The minimum Gasteiger partial charge on any atom is -0.497 e. The van der Waals surface area contributed by atoms with Crippen molar-refractivity contribution in [1.29, 1.82) is 0 Å². The van der Waals surface area contributed by atoms with E-state index in [1.54, 1.807) is 19.2 Å². The highest BCUT2D eigenvalue weighted by Gasteiger charge is 2.24. The fourth-order valence-corrected chi connectivity index (χ4v) is 2.54. The van der Waals surface area contributed by atoms with Crippen LogP contribution < -0.4 is 10.1 Å². The molecule has 1 aromatic carbocycles. The van der Waals surface area contributed by atoms with Crippen LogP contribution in [0, 0.1) is 6.92 Å². The molecule has 2 rings (SSSR count). The van der Waals surface area contributed by atoms with E-state index in [-0.39, 0.29) is 30.2 Å². The molecule has 6 nitrogen and oxygen atoms in total. The minimum absolute atomic E-state index is 0.00726. The molecule has 0 saturated heterocycles. The van der Waals surface area contributed by atoms with Gasteiger partial charge in [0.25, 0.3) is 5.91 Å². The smallest absolute Gasteiger partial charge is 0.290 e. The molecule has 0 aliphatic rings. The maximum atomic E-state index is 12.8. The number of methoxy groups -OCH3 is 1. The number of fused-ring (bicyclic) bond motifs is 1. The zero-order valence-electron chi connectivity index (χ0n) is 14.8. The molecule has 0 unspecified atom stereocenters. The lowest BCUT2D eigenvalue weighted by Gasteiger charge is -2.20. The number of benzene rings is 1. The summed E-state index contributed by atoms with van der Waals surface area (Å²) in [6.07, 6.45) is 0. The standard InChI is InChI=1S/C18H24N2O4/c1-6-20(10-16(21)19-11(2)3)18(22)17-12(4)14-9-13(23-5)7-8-15(14)24-17/h7-9,11H,6,10H2,1-5H3,(H,19,21). The third kappa shape index (κ3) is 3.69. The second-order valence-corrected chi connectivity index (χ2v) is 5.96. The first-order valence-corrected chi connectivity index (χ1v) is 8.03. The fraction of sp³-hybridized carbons (Fsp3) is 0.444. The number of amides is 2.